The maximum Gasteiger partial charge on any atom is 0.319 e. The van der Waals surface area contributed by atoms with Crippen molar-refractivity contribution >= 4 is 22.7 Å². The smallest absolute Gasteiger partial charge is 0.319 e. The monoisotopic (exact) mass is 263 g/mol. The quantitative estimate of drug-likeness (QED) is 0.677. The Balaban J connectivity index is 4.03. The summed E-state index contributed by atoms with van der Waals surface area (Å²) in [6, 6.07) is 0. The molecule has 0 saturated heterocycles. The fraction of sp³-hybridized carbons (Fsp3) is 0.818. The molecule has 0 aliphatic heterocycles. The van der Waals surface area contributed by atoms with Crippen LogP contribution in [0.25, 0.3) is 0 Å². The Morgan fingerprint density at radius 1 is 1.35 bits per heavy atom. The van der Waals surface area contributed by atoms with Crippen molar-refractivity contribution in [3.8, 4) is 0 Å². The molecular weight excluding hydrogens is 242 g/mol. The zero-order valence-corrected chi connectivity index (χ0v) is 11.4. The molecule has 0 aliphatic rings. The van der Waals surface area contributed by atoms with Crippen LogP contribution in [-0.4, -0.2) is 38.7 Å². The van der Waals surface area contributed by atoms with Crippen LogP contribution in [-0.2, 0) is 20.4 Å². The Morgan fingerprint density at radius 2 is 1.94 bits per heavy atom. The summed E-state index contributed by atoms with van der Waals surface area (Å²) in [4.78, 5) is 22.1. The van der Waals surface area contributed by atoms with E-state index in [1.165, 1.54) is 0 Å². The van der Waals surface area contributed by atoms with E-state index in [4.69, 9.17) is 5.11 Å². The fourth-order valence-corrected chi connectivity index (χ4v) is 2.41. The van der Waals surface area contributed by atoms with Gasteiger partial charge < -0.3 is 10.4 Å². The van der Waals surface area contributed by atoms with Crippen molar-refractivity contribution in [3.63, 3.8) is 0 Å². The van der Waals surface area contributed by atoms with Gasteiger partial charge in [-0.05, 0) is 18.8 Å². The molecule has 0 aromatic heterocycles. The molecule has 0 radical (unpaired) electrons. The number of rotatable bonds is 8. The molecule has 2 unspecified atom stereocenters. The highest BCUT2D eigenvalue weighted by Crippen LogP contribution is 2.03. The number of carbonyl (C=O) groups excluding carboxylic acids is 1. The second-order valence-corrected chi connectivity index (χ2v) is 5.91. The molecule has 0 aromatic carbocycles. The lowest BCUT2D eigenvalue weighted by atomic mass is 10.1. The molecule has 0 bridgehead atoms. The predicted octanol–water partition coefficient (Wildman–Crippen LogP) is 0.761. The van der Waals surface area contributed by atoms with Gasteiger partial charge in [0.15, 0.2) is 0 Å². The van der Waals surface area contributed by atoms with Crippen molar-refractivity contribution in [2.75, 3.05) is 12.3 Å². The lowest BCUT2D eigenvalue weighted by Gasteiger charge is -2.10. The summed E-state index contributed by atoms with van der Waals surface area (Å²) in [6.07, 6.45) is 1.12. The molecule has 100 valence electrons. The summed E-state index contributed by atoms with van der Waals surface area (Å²) in [7, 11) is -1.64. The number of hydrogen-bond acceptors (Lipinski definition) is 3. The summed E-state index contributed by atoms with van der Waals surface area (Å²) >= 11 is 0. The van der Waals surface area contributed by atoms with Crippen molar-refractivity contribution in [3.05, 3.63) is 0 Å². The number of carbonyl (C=O) groups is 2. The molecule has 17 heavy (non-hydrogen) atoms. The highest BCUT2D eigenvalue weighted by Gasteiger charge is 2.24. The molecular formula is C11H21NO4S. The molecule has 0 aromatic rings. The van der Waals surface area contributed by atoms with E-state index in [1.54, 1.807) is 6.92 Å². The number of amides is 1. The van der Waals surface area contributed by atoms with E-state index in [0.717, 1.165) is 6.42 Å². The van der Waals surface area contributed by atoms with Gasteiger partial charge in [-0.2, -0.15) is 0 Å². The minimum Gasteiger partial charge on any atom is -0.480 e. The number of aliphatic carboxylic acids is 1. The Bertz CT molecular complexity index is 291. The second-order valence-electron chi connectivity index (χ2n) is 4.29. The first-order chi connectivity index (χ1) is 7.88. The van der Waals surface area contributed by atoms with Gasteiger partial charge in [0.05, 0.1) is 0 Å². The molecule has 2 N–H and O–H groups in total. The fourth-order valence-electron chi connectivity index (χ4n) is 1.25. The van der Waals surface area contributed by atoms with Crippen LogP contribution in [0.4, 0.5) is 0 Å². The standard InChI is InChI=1S/C11H21NO4S/c1-4-9(11(14)15)17(16)7-10(13)12-6-5-8(2)3/h8-9H,4-7H2,1-3H3,(H,12,13)(H,14,15). The van der Waals surface area contributed by atoms with Crippen LogP contribution in [0.15, 0.2) is 0 Å². The van der Waals surface area contributed by atoms with Crippen LogP contribution in [0.5, 0.6) is 0 Å². The normalized spacial score (nSPS) is 14.4. The van der Waals surface area contributed by atoms with Gasteiger partial charge in [0.2, 0.25) is 5.91 Å². The molecule has 2 atom stereocenters. The minimum atomic E-state index is -1.64. The van der Waals surface area contributed by atoms with Crippen LogP contribution in [0.1, 0.15) is 33.6 Å². The molecule has 0 rings (SSSR count). The van der Waals surface area contributed by atoms with Gasteiger partial charge in [-0.15, -0.1) is 0 Å². The second kappa shape index (κ2) is 8.22. The van der Waals surface area contributed by atoms with E-state index in [1.807, 2.05) is 13.8 Å². The third kappa shape index (κ3) is 7.10. The van der Waals surface area contributed by atoms with Crippen molar-refractivity contribution in [2.24, 2.45) is 5.92 Å². The van der Waals surface area contributed by atoms with Gasteiger partial charge in [0.25, 0.3) is 0 Å². The van der Waals surface area contributed by atoms with E-state index in [-0.39, 0.29) is 18.1 Å². The van der Waals surface area contributed by atoms with E-state index >= 15 is 0 Å². The lowest BCUT2D eigenvalue weighted by Crippen LogP contribution is -2.35. The maximum absolute atomic E-state index is 11.6. The molecule has 0 aliphatic carbocycles. The summed E-state index contributed by atoms with van der Waals surface area (Å²) in [5.41, 5.74) is 0. The SMILES string of the molecule is CCC(C(=O)O)S(=O)CC(=O)NCCC(C)C. The van der Waals surface area contributed by atoms with Crippen LogP contribution >= 0.6 is 0 Å². The van der Waals surface area contributed by atoms with Crippen molar-refractivity contribution in [1.82, 2.24) is 5.32 Å². The topological polar surface area (TPSA) is 83.5 Å². The van der Waals surface area contributed by atoms with Gasteiger partial charge in [0.1, 0.15) is 11.0 Å². The molecule has 0 heterocycles. The largest absolute Gasteiger partial charge is 0.480 e. The van der Waals surface area contributed by atoms with E-state index in [9.17, 15) is 13.8 Å². The number of carboxylic acid groups (broad SMARTS) is 1. The zero-order chi connectivity index (χ0) is 13.4. The van der Waals surface area contributed by atoms with Crippen molar-refractivity contribution in [1.29, 1.82) is 0 Å². The van der Waals surface area contributed by atoms with Gasteiger partial charge in [-0.25, -0.2) is 0 Å². The first-order valence-electron chi connectivity index (χ1n) is 5.75. The van der Waals surface area contributed by atoms with Gasteiger partial charge in [-0.3, -0.25) is 13.8 Å². The van der Waals surface area contributed by atoms with Gasteiger partial charge in [-0.1, -0.05) is 20.8 Å². The summed E-state index contributed by atoms with van der Waals surface area (Å²) < 4.78 is 11.6. The summed E-state index contributed by atoms with van der Waals surface area (Å²) in [5.74, 6) is -1.20. The van der Waals surface area contributed by atoms with E-state index < -0.39 is 22.0 Å². The van der Waals surface area contributed by atoms with Crippen LogP contribution in [0.3, 0.4) is 0 Å². The average Bonchev–Trinajstić information content (AvgIpc) is 2.16. The molecule has 0 saturated carbocycles. The molecule has 6 heteroatoms. The number of nitrogens with one attached hydrogen (secondary N) is 1. The van der Waals surface area contributed by atoms with Crippen LogP contribution < -0.4 is 5.32 Å². The third-order valence-electron chi connectivity index (χ3n) is 2.28. The maximum atomic E-state index is 11.6. The lowest BCUT2D eigenvalue weighted by molar-refractivity contribution is -0.136. The first kappa shape index (κ1) is 16.1. The Hall–Kier alpha value is -0.910. The highest BCUT2D eigenvalue weighted by molar-refractivity contribution is 7.87. The summed E-state index contributed by atoms with van der Waals surface area (Å²) in [6.45, 7) is 6.27. The predicted molar refractivity (Wildman–Crippen MR) is 67.2 cm³/mol. The zero-order valence-electron chi connectivity index (χ0n) is 10.6. The number of hydrogen-bond donors (Lipinski definition) is 2. The minimum absolute atomic E-state index is 0.233. The van der Waals surface area contributed by atoms with Crippen LogP contribution in [0, 0.1) is 5.92 Å². The summed E-state index contributed by atoms with van der Waals surface area (Å²) in [5, 5.41) is 10.5. The Kier molecular flexibility index (Phi) is 7.78. The number of carboxylic acids is 1. The van der Waals surface area contributed by atoms with Crippen LogP contribution in [0.2, 0.25) is 0 Å². The molecule has 5 nitrogen and oxygen atoms in total. The molecule has 1 amide bonds. The average molecular weight is 263 g/mol. The molecule has 0 spiro atoms. The Labute approximate surface area is 104 Å². The van der Waals surface area contributed by atoms with Gasteiger partial charge >= 0.3 is 5.97 Å². The van der Waals surface area contributed by atoms with Gasteiger partial charge in [0, 0.05) is 17.3 Å². The first-order valence-corrected chi connectivity index (χ1v) is 7.13. The highest BCUT2D eigenvalue weighted by atomic mass is 32.2. The third-order valence-corrected chi connectivity index (χ3v) is 4.00. The van der Waals surface area contributed by atoms with Crippen molar-refractivity contribution in [2.45, 2.75) is 38.9 Å². The van der Waals surface area contributed by atoms with Crippen molar-refractivity contribution < 1.29 is 18.9 Å². The molecule has 0 fully saturated rings. The Morgan fingerprint density at radius 3 is 2.35 bits per heavy atom. The van der Waals surface area contributed by atoms with E-state index in [2.05, 4.69) is 5.32 Å². The van der Waals surface area contributed by atoms with E-state index in [0.29, 0.717) is 12.5 Å².